The minimum absolute atomic E-state index is 0.139. The second-order valence-corrected chi connectivity index (χ2v) is 7.81. The van der Waals surface area contributed by atoms with Gasteiger partial charge in [0.05, 0.1) is 6.42 Å². The van der Waals surface area contributed by atoms with Crippen molar-refractivity contribution >= 4 is 24.1 Å². The highest BCUT2D eigenvalue weighted by Gasteiger charge is 2.18. The summed E-state index contributed by atoms with van der Waals surface area (Å²) in [5, 5.41) is 10.9. The van der Waals surface area contributed by atoms with Crippen molar-refractivity contribution in [2.24, 2.45) is 0 Å². The third kappa shape index (κ3) is 5.00. The Labute approximate surface area is 123 Å². The SMILES string of the molecule is O=C(O)CCP(=O)(O)CCCc1ccc2ccccc2c1. The zero-order chi connectivity index (χ0) is 15.3. The van der Waals surface area contributed by atoms with Crippen molar-refractivity contribution in [1.29, 1.82) is 0 Å². The molecule has 0 aliphatic carbocycles. The van der Waals surface area contributed by atoms with Crippen molar-refractivity contribution in [1.82, 2.24) is 0 Å². The lowest BCUT2D eigenvalue weighted by Crippen LogP contribution is -2.02. The summed E-state index contributed by atoms with van der Waals surface area (Å²) in [6.45, 7) is 0. The van der Waals surface area contributed by atoms with Gasteiger partial charge >= 0.3 is 5.97 Å². The molecule has 2 aromatic rings. The number of carbonyl (C=O) groups is 1. The molecule has 2 aromatic carbocycles. The van der Waals surface area contributed by atoms with Gasteiger partial charge in [-0.15, -0.1) is 0 Å². The molecule has 0 amide bonds. The van der Waals surface area contributed by atoms with Crippen molar-refractivity contribution in [2.75, 3.05) is 12.3 Å². The molecule has 2 N–H and O–H groups in total. The van der Waals surface area contributed by atoms with E-state index in [2.05, 4.69) is 6.07 Å². The van der Waals surface area contributed by atoms with Crippen LogP contribution in [0.4, 0.5) is 0 Å². The standard InChI is InChI=1S/C16H19O4P/c17-16(18)9-11-21(19,20)10-3-4-13-7-8-14-5-1-2-6-15(14)12-13/h1-2,5-8,12H,3-4,9-11H2,(H,17,18)(H,19,20). The van der Waals surface area contributed by atoms with Gasteiger partial charge in [0.25, 0.3) is 0 Å². The molecule has 5 heteroatoms. The normalized spacial score (nSPS) is 14.0. The van der Waals surface area contributed by atoms with Crippen molar-refractivity contribution < 1.29 is 19.4 Å². The van der Waals surface area contributed by atoms with Gasteiger partial charge in [0.1, 0.15) is 0 Å². The molecule has 4 nitrogen and oxygen atoms in total. The lowest BCUT2D eigenvalue weighted by molar-refractivity contribution is -0.136. The van der Waals surface area contributed by atoms with Gasteiger partial charge in [-0.1, -0.05) is 42.5 Å². The number of rotatable bonds is 7. The maximum absolute atomic E-state index is 11.8. The summed E-state index contributed by atoms with van der Waals surface area (Å²) in [5.74, 6) is -1.03. The maximum Gasteiger partial charge on any atom is 0.303 e. The van der Waals surface area contributed by atoms with Crippen LogP contribution in [0.3, 0.4) is 0 Å². The summed E-state index contributed by atoms with van der Waals surface area (Å²) in [4.78, 5) is 20.1. The molecule has 0 saturated carbocycles. The number of carboxylic acid groups (broad SMARTS) is 1. The summed E-state index contributed by atoms with van der Waals surface area (Å²) >= 11 is 0. The highest BCUT2D eigenvalue weighted by atomic mass is 31.2. The molecule has 0 aliphatic rings. The molecule has 0 aliphatic heterocycles. The molecule has 0 saturated heterocycles. The van der Waals surface area contributed by atoms with Gasteiger partial charge in [0.15, 0.2) is 0 Å². The van der Waals surface area contributed by atoms with Gasteiger partial charge in [-0.2, -0.15) is 0 Å². The van der Waals surface area contributed by atoms with Gasteiger partial charge in [-0.05, 0) is 29.2 Å². The Bertz CT molecular complexity index is 681. The molecular weight excluding hydrogens is 287 g/mol. The third-order valence-electron chi connectivity index (χ3n) is 3.46. The van der Waals surface area contributed by atoms with Crippen LogP contribution in [0.1, 0.15) is 18.4 Å². The Morgan fingerprint density at radius 2 is 1.76 bits per heavy atom. The van der Waals surface area contributed by atoms with Crippen LogP contribution in [0.5, 0.6) is 0 Å². The molecule has 21 heavy (non-hydrogen) atoms. The van der Waals surface area contributed by atoms with Crippen LogP contribution in [-0.4, -0.2) is 28.3 Å². The number of carboxylic acids is 1. The molecule has 0 bridgehead atoms. The summed E-state index contributed by atoms with van der Waals surface area (Å²) in [7, 11) is -3.31. The maximum atomic E-state index is 11.8. The number of aliphatic carboxylic acids is 1. The van der Waals surface area contributed by atoms with Crippen LogP contribution in [0.2, 0.25) is 0 Å². The van der Waals surface area contributed by atoms with Crippen molar-refractivity contribution in [3.63, 3.8) is 0 Å². The first-order valence-electron chi connectivity index (χ1n) is 6.97. The predicted octanol–water partition coefficient (Wildman–Crippen LogP) is 3.52. The first-order chi connectivity index (χ1) is 9.96. The monoisotopic (exact) mass is 306 g/mol. The smallest absolute Gasteiger partial charge is 0.303 e. The van der Waals surface area contributed by atoms with E-state index in [0.29, 0.717) is 6.42 Å². The Kier molecular flexibility index (Phi) is 5.16. The van der Waals surface area contributed by atoms with E-state index in [9.17, 15) is 14.3 Å². The molecule has 0 radical (unpaired) electrons. The first-order valence-corrected chi connectivity index (χ1v) is 9.00. The molecule has 0 heterocycles. The molecule has 1 unspecified atom stereocenters. The largest absolute Gasteiger partial charge is 0.481 e. The highest BCUT2D eigenvalue weighted by molar-refractivity contribution is 7.58. The van der Waals surface area contributed by atoms with E-state index in [1.807, 2.05) is 36.4 Å². The molecule has 112 valence electrons. The Hall–Kier alpha value is -1.64. The first kappa shape index (κ1) is 15.7. The predicted molar refractivity (Wildman–Crippen MR) is 84.1 cm³/mol. The van der Waals surface area contributed by atoms with Gasteiger partial charge in [-0.3, -0.25) is 9.36 Å². The molecule has 2 rings (SSSR count). The lowest BCUT2D eigenvalue weighted by atomic mass is 10.0. The molecule has 0 spiro atoms. The number of hydrogen-bond donors (Lipinski definition) is 2. The highest BCUT2D eigenvalue weighted by Crippen LogP contribution is 2.41. The summed E-state index contributed by atoms with van der Waals surface area (Å²) in [6.07, 6.45) is 1.10. The fourth-order valence-corrected chi connectivity index (χ4v) is 3.72. The number of benzene rings is 2. The van der Waals surface area contributed by atoms with Crippen molar-refractivity contribution in [3.8, 4) is 0 Å². The third-order valence-corrected chi connectivity index (χ3v) is 5.40. The van der Waals surface area contributed by atoms with Crippen LogP contribution in [0.15, 0.2) is 42.5 Å². The van der Waals surface area contributed by atoms with Crippen LogP contribution in [0, 0.1) is 0 Å². The van der Waals surface area contributed by atoms with Gasteiger partial charge in [-0.25, -0.2) is 0 Å². The molecule has 0 aromatic heterocycles. The Morgan fingerprint density at radius 1 is 1.05 bits per heavy atom. The fourth-order valence-electron chi connectivity index (χ4n) is 2.31. The zero-order valence-corrected chi connectivity index (χ0v) is 12.6. The van der Waals surface area contributed by atoms with Gasteiger partial charge < -0.3 is 10.00 Å². The topological polar surface area (TPSA) is 74.6 Å². The Balaban J connectivity index is 1.89. The average Bonchev–Trinajstić information content (AvgIpc) is 2.45. The molecule has 0 fully saturated rings. The van der Waals surface area contributed by atoms with E-state index in [1.54, 1.807) is 0 Å². The van der Waals surface area contributed by atoms with Crippen molar-refractivity contribution in [2.45, 2.75) is 19.3 Å². The lowest BCUT2D eigenvalue weighted by Gasteiger charge is -2.10. The number of aryl methyl sites for hydroxylation is 1. The zero-order valence-electron chi connectivity index (χ0n) is 11.7. The van der Waals surface area contributed by atoms with Gasteiger partial charge in [0.2, 0.25) is 7.37 Å². The second-order valence-electron chi connectivity index (χ2n) is 5.22. The summed E-state index contributed by atoms with van der Waals surface area (Å²) < 4.78 is 11.8. The fraction of sp³-hybridized carbons (Fsp3) is 0.312. The van der Waals surface area contributed by atoms with E-state index >= 15 is 0 Å². The number of fused-ring (bicyclic) bond motifs is 1. The van der Waals surface area contributed by atoms with Crippen LogP contribution in [0.25, 0.3) is 10.8 Å². The van der Waals surface area contributed by atoms with E-state index in [4.69, 9.17) is 5.11 Å². The van der Waals surface area contributed by atoms with Crippen LogP contribution in [-0.2, 0) is 15.8 Å². The van der Waals surface area contributed by atoms with Crippen LogP contribution < -0.4 is 0 Å². The average molecular weight is 306 g/mol. The Morgan fingerprint density at radius 3 is 2.48 bits per heavy atom. The minimum Gasteiger partial charge on any atom is -0.481 e. The number of hydrogen-bond acceptors (Lipinski definition) is 2. The van der Waals surface area contributed by atoms with E-state index in [0.717, 1.165) is 17.4 Å². The second kappa shape index (κ2) is 6.88. The quantitative estimate of drug-likeness (QED) is 0.768. The van der Waals surface area contributed by atoms with E-state index in [1.165, 1.54) is 5.39 Å². The van der Waals surface area contributed by atoms with Crippen LogP contribution >= 0.6 is 7.37 Å². The molecule has 1 atom stereocenters. The van der Waals surface area contributed by atoms with Gasteiger partial charge in [0, 0.05) is 12.3 Å². The van der Waals surface area contributed by atoms with E-state index < -0.39 is 13.3 Å². The minimum atomic E-state index is -3.31. The molecular formula is C16H19O4P. The van der Waals surface area contributed by atoms with E-state index in [-0.39, 0.29) is 18.7 Å². The summed E-state index contributed by atoms with van der Waals surface area (Å²) in [5.41, 5.74) is 1.13. The summed E-state index contributed by atoms with van der Waals surface area (Å²) in [6, 6.07) is 14.2. The van der Waals surface area contributed by atoms with Crippen molar-refractivity contribution in [3.05, 3.63) is 48.0 Å².